The quantitative estimate of drug-likeness (QED) is 0.682. The average molecular weight is 453 g/mol. The number of piperidine rings is 2. The number of amides is 2. The third kappa shape index (κ3) is 6.44. The number of likely N-dealkylation sites (tertiary alicyclic amines) is 1. The number of carbonyl (C=O) groups is 2. The van der Waals surface area contributed by atoms with E-state index in [0.717, 1.165) is 58.4 Å². The molecule has 1 N–H and O–H groups in total. The SMILES string of the molecule is COCC1(C(=O)N2CCN(CC(=O)N3CCCCC3C)CC2)CCNCC1.Cl.Cl. The lowest BCUT2D eigenvalue weighted by Gasteiger charge is -2.43. The van der Waals surface area contributed by atoms with Gasteiger partial charge in [0.15, 0.2) is 0 Å². The van der Waals surface area contributed by atoms with E-state index in [2.05, 4.69) is 17.1 Å². The van der Waals surface area contributed by atoms with E-state index in [9.17, 15) is 9.59 Å². The summed E-state index contributed by atoms with van der Waals surface area (Å²) in [6.07, 6.45) is 5.14. The summed E-state index contributed by atoms with van der Waals surface area (Å²) in [6.45, 7) is 8.75. The van der Waals surface area contributed by atoms with Gasteiger partial charge in [-0.2, -0.15) is 0 Å². The number of rotatable bonds is 5. The molecule has 3 rings (SSSR count). The van der Waals surface area contributed by atoms with Crippen molar-refractivity contribution in [3.8, 4) is 0 Å². The molecule has 0 aromatic carbocycles. The minimum atomic E-state index is -0.374. The van der Waals surface area contributed by atoms with Crippen LogP contribution in [0.1, 0.15) is 39.0 Å². The van der Waals surface area contributed by atoms with Crippen LogP contribution in [-0.4, -0.2) is 98.6 Å². The minimum Gasteiger partial charge on any atom is -0.384 e. The zero-order chi connectivity index (χ0) is 19.3. The van der Waals surface area contributed by atoms with Crippen LogP contribution in [0.15, 0.2) is 0 Å². The van der Waals surface area contributed by atoms with Gasteiger partial charge in [-0.1, -0.05) is 0 Å². The van der Waals surface area contributed by atoms with Gasteiger partial charge in [-0.25, -0.2) is 0 Å². The number of nitrogens with one attached hydrogen (secondary N) is 1. The summed E-state index contributed by atoms with van der Waals surface area (Å²) in [7, 11) is 1.68. The second-order valence-electron chi connectivity index (χ2n) is 8.46. The lowest BCUT2D eigenvalue weighted by molar-refractivity contribution is -0.149. The molecule has 3 fully saturated rings. The van der Waals surface area contributed by atoms with Crippen LogP contribution in [-0.2, 0) is 14.3 Å². The summed E-state index contributed by atoms with van der Waals surface area (Å²) in [5, 5.41) is 3.34. The Labute approximate surface area is 187 Å². The summed E-state index contributed by atoms with van der Waals surface area (Å²) < 4.78 is 5.41. The molecule has 3 aliphatic heterocycles. The van der Waals surface area contributed by atoms with Gasteiger partial charge in [0, 0.05) is 45.9 Å². The molecule has 0 aromatic heterocycles. The molecule has 3 aliphatic rings. The predicted octanol–water partition coefficient (Wildman–Crippen LogP) is 1.39. The van der Waals surface area contributed by atoms with Crippen LogP contribution < -0.4 is 5.32 Å². The Morgan fingerprint density at radius 1 is 1.03 bits per heavy atom. The molecule has 0 spiro atoms. The third-order valence-corrected chi connectivity index (χ3v) is 6.58. The largest absolute Gasteiger partial charge is 0.384 e. The zero-order valence-corrected chi connectivity index (χ0v) is 19.5. The highest BCUT2D eigenvalue weighted by Crippen LogP contribution is 2.32. The van der Waals surface area contributed by atoms with Gasteiger partial charge in [0.05, 0.1) is 18.6 Å². The molecule has 0 saturated carbocycles. The van der Waals surface area contributed by atoms with E-state index in [1.807, 2.05) is 9.80 Å². The molecule has 0 aromatic rings. The van der Waals surface area contributed by atoms with E-state index in [-0.39, 0.29) is 42.0 Å². The molecule has 170 valence electrons. The second kappa shape index (κ2) is 12.3. The standard InChI is InChI=1S/C20H36N4O3.2ClH/c1-17-5-3-4-10-24(17)18(25)15-22-11-13-23(14-12-22)19(26)20(16-27-2)6-8-21-9-7-20;;/h17,21H,3-16H2,1-2H3;2*1H. The second-order valence-corrected chi connectivity index (χ2v) is 8.46. The van der Waals surface area contributed by atoms with Crippen LogP contribution in [0.25, 0.3) is 0 Å². The molecule has 3 saturated heterocycles. The van der Waals surface area contributed by atoms with Crippen molar-refractivity contribution in [1.82, 2.24) is 20.0 Å². The van der Waals surface area contributed by atoms with E-state index < -0.39 is 0 Å². The fraction of sp³-hybridized carbons (Fsp3) is 0.900. The highest BCUT2D eigenvalue weighted by atomic mass is 35.5. The van der Waals surface area contributed by atoms with E-state index in [0.29, 0.717) is 32.3 Å². The fourth-order valence-corrected chi connectivity index (χ4v) is 4.80. The number of piperazine rings is 1. The highest BCUT2D eigenvalue weighted by Gasteiger charge is 2.43. The van der Waals surface area contributed by atoms with Crippen LogP contribution in [0.5, 0.6) is 0 Å². The lowest BCUT2D eigenvalue weighted by atomic mass is 9.78. The Hall–Kier alpha value is -0.600. The third-order valence-electron chi connectivity index (χ3n) is 6.58. The van der Waals surface area contributed by atoms with Crippen molar-refractivity contribution < 1.29 is 14.3 Å². The van der Waals surface area contributed by atoms with Crippen molar-refractivity contribution in [3.63, 3.8) is 0 Å². The topological polar surface area (TPSA) is 65.1 Å². The number of hydrogen-bond donors (Lipinski definition) is 1. The number of nitrogens with zero attached hydrogens (tertiary/aromatic N) is 3. The maximum absolute atomic E-state index is 13.2. The fourth-order valence-electron chi connectivity index (χ4n) is 4.80. The first-order valence-corrected chi connectivity index (χ1v) is 10.6. The summed E-state index contributed by atoms with van der Waals surface area (Å²) in [4.78, 5) is 32.1. The molecule has 9 heteroatoms. The van der Waals surface area contributed by atoms with Crippen molar-refractivity contribution in [2.75, 3.05) is 66.1 Å². The molecule has 0 aliphatic carbocycles. The predicted molar refractivity (Wildman–Crippen MR) is 119 cm³/mol. The Kier molecular flexibility index (Phi) is 11.2. The van der Waals surface area contributed by atoms with Crippen molar-refractivity contribution in [2.45, 2.75) is 45.1 Å². The van der Waals surface area contributed by atoms with Crippen molar-refractivity contribution in [2.24, 2.45) is 5.41 Å². The molecule has 0 bridgehead atoms. The van der Waals surface area contributed by atoms with Crippen molar-refractivity contribution >= 4 is 36.6 Å². The van der Waals surface area contributed by atoms with E-state index in [4.69, 9.17) is 4.74 Å². The first-order chi connectivity index (χ1) is 13.1. The van der Waals surface area contributed by atoms with Gasteiger partial charge in [-0.15, -0.1) is 24.8 Å². The highest BCUT2D eigenvalue weighted by molar-refractivity contribution is 5.85. The lowest BCUT2D eigenvalue weighted by Crippen LogP contribution is -2.57. The molecule has 1 atom stereocenters. The van der Waals surface area contributed by atoms with E-state index in [1.165, 1.54) is 6.42 Å². The number of methoxy groups -OCH3 is 1. The Bertz CT molecular complexity index is 518. The number of carbonyl (C=O) groups excluding carboxylic acids is 2. The number of ether oxygens (including phenoxy) is 1. The molecule has 3 heterocycles. The molecule has 1 unspecified atom stereocenters. The zero-order valence-electron chi connectivity index (χ0n) is 17.9. The molecule has 7 nitrogen and oxygen atoms in total. The van der Waals surface area contributed by atoms with Crippen LogP contribution in [0.2, 0.25) is 0 Å². The first-order valence-electron chi connectivity index (χ1n) is 10.6. The Morgan fingerprint density at radius 3 is 2.28 bits per heavy atom. The molecule has 29 heavy (non-hydrogen) atoms. The van der Waals surface area contributed by atoms with Gasteiger partial charge in [-0.3, -0.25) is 14.5 Å². The number of halogens is 2. The first kappa shape index (κ1) is 26.4. The van der Waals surface area contributed by atoms with Crippen molar-refractivity contribution in [3.05, 3.63) is 0 Å². The Balaban J connectivity index is 0.00000210. The monoisotopic (exact) mass is 452 g/mol. The van der Waals surface area contributed by atoms with E-state index in [1.54, 1.807) is 7.11 Å². The van der Waals surface area contributed by atoms with Crippen LogP contribution in [0, 0.1) is 5.41 Å². The maximum atomic E-state index is 13.2. The summed E-state index contributed by atoms with van der Waals surface area (Å²) in [6, 6.07) is 0.364. The summed E-state index contributed by atoms with van der Waals surface area (Å²) in [5.74, 6) is 0.484. The normalized spacial score (nSPS) is 25.0. The van der Waals surface area contributed by atoms with Gasteiger partial charge >= 0.3 is 0 Å². The van der Waals surface area contributed by atoms with E-state index >= 15 is 0 Å². The molecular formula is C20H38Cl2N4O3. The Morgan fingerprint density at radius 2 is 1.69 bits per heavy atom. The molecular weight excluding hydrogens is 415 g/mol. The number of hydrogen-bond acceptors (Lipinski definition) is 5. The van der Waals surface area contributed by atoms with Crippen LogP contribution in [0.3, 0.4) is 0 Å². The molecule has 0 radical (unpaired) electrons. The van der Waals surface area contributed by atoms with Crippen LogP contribution >= 0.6 is 24.8 Å². The smallest absolute Gasteiger partial charge is 0.236 e. The summed E-state index contributed by atoms with van der Waals surface area (Å²) >= 11 is 0. The minimum absolute atomic E-state index is 0. The van der Waals surface area contributed by atoms with Crippen LogP contribution in [0.4, 0.5) is 0 Å². The van der Waals surface area contributed by atoms with Crippen molar-refractivity contribution in [1.29, 1.82) is 0 Å². The van der Waals surface area contributed by atoms with Gasteiger partial charge in [0.1, 0.15) is 0 Å². The van der Waals surface area contributed by atoms with Gasteiger partial charge in [0.2, 0.25) is 11.8 Å². The average Bonchev–Trinajstić information content (AvgIpc) is 2.69. The summed E-state index contributed by atoms with van der Waals surface area (Å²) in [5.41, 5.74) is -0.374. The maximum Gasteiger partial charge on any atom is 0.236 e. The van der Waals surface area contributed by atoms with Gasteiger partial charge in [-0.05, 0) is 52.1 Å². The van der Waals surface area contributed by atoms with Gasteiger partial charge < -0.3 is 19.9 Å². The molecule has 2 amide bonds. The van der Waals surface area contributed by atoms with Gasteiger partial charge in [0.25, 0.3) is 0 Å².